The van der Waals surface area contributed by atoms with E-state index in [1.165, 1.54) is 12.0 Å². The predicted octanol–water partition coefficient (Wildman–Crippen LogP) is 3.53. The van der Waals surface area contributed by atoms with E-state index in [1.54, 1.807) is 0 Å². The number of carbonyl (C=O) groups is 1. The minimum atomic E-state index is -0.304. The van der Waals surface area contributed by atoms with E-state index < -0.39 is 0 Å². The molecular formula is C21H27N5O. The van der Waals surface area contributed by atoms with Crippen molar-refractivity contribution in [1.82, 2.24) is 20.2 Å². The Labute approximate surface area is 159 Å². The van der Waals surface area contributed by atoms with Crippen LogP contribution in [-0.2, 0) is 10.3 Å². The van der Waals surface area contributed by atoms with Crippen LogP contribution in [0.3, 0.4) is 0 Å². The summed E-state index contributed by atoms with van der Waals surface area (Å²) in [6.45, 7) is 6.00. The summed E-state index contributed by atoms with van der Waals surface area (Å²) in [6, 6.07) is 6.24. The first-order valence-electron chi connectivity index (χ1n) is 10.0. The van der Waals surface area contributed by atoms with Gasteiger partial charge >= 0.3 is 0 Å². The molecule has 0 spiro atoms. The highest BCUT2D eigenvalue weighted by atomic mass is 16.2. The van der Waals surface area contributed by atoms with Gasteiger partial charge in [0.05, 0.1) is 11.0 Å². The van der Waals surface area contributed by atoms with Gasteiger partial charge in [-0.2, -0.15) is 4.80 Å². The van der Waals surface area contributed by atoms with Crippen LogP contribution < -0.4 is 5.32 Å². The van der Waals surface area contributed by atoms with Crippen molar-refractivity contribution in [1.29, 1.82) is 0 Å². The number of anilines is 1. The Bertz CT molecular complexity index is 903. The van der Waals surface area contributed by atoms with E-state index in [2.05, 4.69) is 52.8 Å². The molecule has 0 radical (unpaired) electrons. The average Bonchev–Trinajstić information content (AvgIpc) is 3.04. The molecule has 4 saturated carbocycles. The van der Waals surface area contributed by atoms with Gasteiger partial charge in [0.25, 0.3) is 0 Å². The lowest BCUT2D eigenvalue weighted by Gasteiger charge is -2.60. The van der Waals surface area contributed by atoms with Crippen LogP contribution >= 0.6 is 0 Å². The number of hydrogen-bond donors (Lipinski definition) is 1. The lowest BCUT2D eigenvalue weighted by Crippen LogP contribution is -2.60. The summed E-state index contributed by atoms with van der Waals surface area (Å²) >= 11 is 0. The number of aromatic nitrogens is 4. The second kappa shape index (κ2) is 5.63. The van der Waals surface area contributed by atoms with Crippen molar-refractivity contribution in [2.24, 2.45) is 17.3 Å². The Morgan fingerprint density at radius 3 is 2.56 bits per heavy atom. The van der Waals surface area contributed by atoms with Gasteiger partial charge in [-0.1, -0.05) is 12.1 Å². The predicted molar refractivity (Wildman–Crippen MR) is 102 cm³/mol. The highest BCUT2D eigenvalue weighted by Gasteiger charge is 2.62. The summed E-state index contributed by atoms with van der Waals surface area (Å²) in [7, 11) is 0. The number of nitrogens with one attached hydrogen (secondary N) is 1. The minimum Gasteiger partial charge on any atom is -0.325 e. The van der Waals surface area contributed by atoms with Crippen LogP contribution in [0.4, 0.5) is 5.69 Å². The number of benzene rings is 1. The maximum Gasteiger partial charge on any atom is 0.230 e. The molecule has 6 rings (SSSR count). The zero-order chi connectivity index (χ0) is 18.8. The third-order valence-electron chi connectivity index (χ3n) is 7.09. The van der Waals surface area contributed by atoms with Gasteiger partial charge in [0, 0.05) is 5.69 Å². The Morgan fingerprint density at radius 2 is 1.89 bits per heavy atom. The highest BCUT2D eigenvalue weighted by Crippen LogP contribution is 2.64. The van der Waals surface area contributed by atoms with Crippen molar-refractivity contribution in [3.8, 4) is 0 Å². The summed E-state index contributed by atoms with van der Waals surface area (Å²) in [5.74, 6) is 2.06. The topological polar surface area (TPSA) is 72.7 Å². The third-order valence-corrected chi connectivity index (χ3v) is 7.09. The van der Waals surface area contributed by atoms with Gasteiger partial charge in [0.2, 0.25) is 5.91 Å². The van der Waals surface area contributed by atoms with Gasteiger partial charge in [-0.15, -0.1) is 10.2 Å². The molecule has 4 atom stereocenters. The standard InChI is InChI=1S/C21H27N5O/c1-13-4-5-14(2)18(6-13)22-19(27)20-8-16-7-17(9-20)11-21(10-16,12-20)26-24-15(3)23-25-26/h4-6,16-17H,7-12H2,1-3H3,(H,22,27)/t16-,17+,20?,21?. The summed E-state index contributed by atoms with van der Waals surface area (Å²) in [5.41, 5.74) is 2.79. The van der Waals surface area contributed by atoms with Gasteiger partial charge in [-0.3, -0.25) is 4.79 Å². The molecule has 0 saturated heterocycles. The van der Waals surface area contributed by atoms with E-state index in [1.807, 2.05) is 11.7 Å². The van der Waals surface area contributed by atoms with Gasteiger partial charge in [-0.25, -0.2) is 0 Å². The lowest BCUT2D eigenvalue weighted by molar-refractivity contribution is -0.152. The lowest BCUT2D eigenvalue weighted by atomic mass is 9.46. The first-order chi connectivity index (χ1) is 12.9. The number of hydrogen-bond acceptors (Lipinski definition) is 4. The molecule has 4 fully saturated rings. The Hall–Kier alpha value is -2.24. The number of carbonyl (C=O) groups excluding carboxylic acids is 1. The summed E-state index contributed by atoms with van der Waals surface area (Å²) < 4.78 is 0. The smallest absolute Gasteiger partial charge is 0.230 e. The van der Waals surface area contributed by atoms with Crippen molar-refractivity contribution in [2.75, 3.05) is 5.32 Å². The molecule has 4 aliphatic rings. The van der Waals surface area contributed by atoms with Crippen LogP contribution in [0.5, 0.6) is 0 Å². The largest absolute Gasteiger partial charge is 0.325 e. The number of rotatable bonds is 3. The number of aryl methyl sites for hydroxylation is 3. The maximum atomic E-state index is 13.5. The van der Waals surface area contributed by atoms with Crippen LogP contribution in [-0.4, -0.2) is 26.1 Å². The molecule has 0 aliphatic heterocycles. The van der Waals surface area contributed by atoms with Gasteiger partial charge in [0.1, 0.15) is 0 Å². The second-order valence-corrected chi connectivity index (χ2v) is 9.36. The molecule has 27 heavy (non-hydrogen) atoms. The fourth-order valence-electron chi connectivity index (χ4n) is 6.32. The van der Waals surface area contributed by atoms with Gasteiger partial charge in [0.15, 0.2) is 5.82 Å². The van der Waals surface area contributed by atoms with Crippen molar-refractivity contribution >= 4 is 11.6 Å². The van der Waals surface area contributed by atoms with Crippen LogP contribution in [0.15, 0.2) is 18.2 Å². The molecule has 1 heterocycles. The Morgan fingerprint density at radius 1 is 1.15 bits per heavy atom. The molecular weight excluding hydrogens is 338 g/mol. The molecule has 6 heteroatoms. The van der Waals surface area contributed by atoms with Crippen LogP contribution in [0.1, 0.15) is 55.5 Å². The molecule has 1 aromatic carbocycles. The van der Waals surface area contributed by atoms with Gasteiger partial charge in [-0.05, 0) is 93.5 Å². The molecule has 1 N–H and O–H groups in total. The first kappa shape index (κ1) is 16.9. The van der Waals surface area contributed by atoms with E-state index in [0.29, 0.717) is 17.7 Å². The molecule has 1 amide bonds. The minimum absolute atomic E-state index is 0.135. The Balaban J connectivity index is 1.48. The number of tetrazole rings is 1. The van der Waals surface area contributed by atoms with E-state index in [-0.39, 0.29) is 16.9 Å². The zero-order valence-electron chi connectivity index (χ0n) is 16.3. The third kappa shape index (κ3) is 2.60. The average molecular weight is 365 g/mol. The summed E-state index contributed by atoms with van der Waals surface area (Å²) in [5, 5.41) is 16.3. The highest BCUT2D eigenvalue weighted by molar-refractivity contribution is 5.96. The summed E-state index contributed by atoms with van der Waals surface area (Å²) in [4.78, 5) is 15.4. The molecule has 1 aromatic heterocycles. The van der Waals surface area contributed by atoms with E-state index in [0.717, 1.165) is 43.4 Å². The normalized spacial score (nSPS) is 34.0. The zero-order valence-corrected chi connectivity index (χ0v) is 16.3. The molecule has 4 bridgehead atoms. The number of amides is 1. The fraction of sp³-hybridized carbons (Fsp3) is 0.619. The molecule has 2 aromatic rings. The van der Waals surface area contributed by atoms with E-state index >= 15 is 0 Å². The monoisotopic (exact) mass is 365 g/mol. The molecule has 2 unspecified atom stereocenters. The van der Waals surface area contributed by atoms with Gasteiger partial charge < -0.3 is 5.32 Å². The molecule has 142 valence electrons. The molecule has 6 nitrogen and oxygen atoms in total. The van der Waals surface area contributed by atoms with Crippen molar-refractivity contribution in [2.45, 2.75) is 64.8 Å². The molecule has 4 aliphatic carbocycles. The Kier molecular flexibility index (Phi) is 3.52. The van der Waals surface area contributed by atoms with Crippen molar-refractivity contribution < 1.29 is 4.79 Å². The van der Waals surface area contributed by atoms with Crippen LogP contribution in [0.2, 0.25) is 0 Å². The quantitative estimate of drug-likeness (QED) is 0.903. The van der Waals surface area contributed by atoms with Crippen molar-refractivity contribution in [3.05, 3.63) is 35.2 Å². The van der Waals surface area contributed by atoms with Crippen LogP contribution in [0, 0.1) is 38.0 Å². The first-order valence-corrected chi connectivity index (χ1v) is 10.0. The maximum absolute atomic E-state index is 13.5. The van der Waals surface area contributed by atoms with Crippen LogP contribution in [0.25, 0.3) is 0 Å². The van der Waals surface area contributed by atoms with Crippen molar-refractivity contribution in [3.63, 3.8) is 0 Å². The number of nitrogens with zero attached hydrogens (tertiary/aromatic N) is 4. The van der Waals surface area contributed by atoms with E-state index in [9.17, 15) is 4.79 Å². The second-order valence-electron chi connectivity index (χ2n) is 9.36. The SMILES string of the molecule is Cc1ccc(C)c(NC(=O)C23C[C@H]4C[C@@H](C2)CC(n2nnc(C)n2)(C4)C3)c1. The summed E-state index contributed by atoms with van der Waals surface area (Å²) in [6.07, 6.45) is 6.23. The van der Waals surface area contributed by atoms with E-state index in [4.69, 9.17) is 0 Å². The fourth-order valence-corrected chi connectivity index (χ4v) is 6.32.